The van der Waals surface area contributed by atoms with Gasteiger partial charge in [0.25, 0.3) is 0 Å². The molecule has 2 heterocycles. The maximum atomic E-state index is 12.7. The van der Waals surface area contributed by atoms with Crippen LogP contribution in [0.4, 0.5) is 13.2 Å². The number of hydrogen-bond acceptors (Lipinski definition) is 4. The van der Waals surface area contributed by atoms with Crippen molar-refractivity contribution < 1.29 is 27.8 Å². The highest BCUT2D eigenvalue weighted by atomic mass is 19.4. The topological polar surface area (TPSA) is 77.2 Å². The van der Waals surface area contributed by atoms with E-state index in [0.29, 0.717) is 17.9 Å². The summed E-state index contributed by atoms with van der Waals surface area (Å²) in [7, 11) is 0. The van der Waals surface area contributed by atoms with Crippen LogP contribution in [-0.2, 0) is 24.0 Å². The first-order valence-electron chi connectivity index (χ1n) is 9.16. The molecule has 0 atom stereocenters. The summed E-state index contributed by atoms with van der Waals surface area (Å²) in [6.45, 7) is 3.89. The van der Waals surface area contributed by atoms with E-state index in [0.717, 1.165) is 29.0 Å². The van der Waals surface area contributed by atoms with E-state index in [1.165, 1.54) is 10.7 Å². The molecule has 0 radical (unpaired) electrons. The van der Waals surface area contributed by atoms with Crippen LogP contribution >= 0.6 is 0 Å². The van der Waals surface area contributed by atoms with Crippen LogP contribution in [0.15, 0.2) is 42.7 Å². The average molecular weight is 419 g/mol. The number of halogens is 3. The number of ether oxygens (including phenoxy) is 1. The number of nitrogens with zero attached hydrogens (tertiary/aromatic N) is 3. The van der Waals surface area contributed by atoms with Gasteiger partial charge in [-0.15, -0.1) is 0 Å². The van der Waals surface area contributed by atoms with Crippen molar-refractivity contribution in [2.24, 2.45) is 0 Å². The Morgan fingerprint density at radius 1 is 1.17 bits per heavy atom. The van der Waals surface area contributed by atoms with Crippen LogP contribution < -0.4 is 4.74 Å². The fraction of sp³-hybridized carbons (Fsp3) is 0.286. The van der Waals surface area contributed by atoms with Crippen molar-refractivity contribution in [1.82, 2.24) is 14.8 Å². The highest BCUT2D eigenvalue weighted by Crippen LogP contribution is 2.28. The molecule has 0 fully saturated rings. The van der Waals surface area contributed by atoms with Crippen LogP contribution in [-0.4, -0.2) is 25.8 Å². The maximum Gasteiger partial charge on any atom is 0.417 e. The lowest BCUT2D eigenvalue weighted by Gasteiger charge is -2.09. The fourth-order valence-corrected chi connectivity index (χ4v) is 2.89. The highest BCUT2D eigenvalue weighted by Gasteiger charge is 2.30. The predicted octanol–water partition coefficient (Wildman–Crippen LogP) is 4.50. The summed E-state index contributed by atoms with van der Waals surface area (Å²) in [5.41, 5.74) is 2.51. The number of alkyl halides is 3. The van der Waals surface area contributed by atoms with Crippen molar-refractivity contribution in [2.45, 2.75) is 39.5 Å². The Bertz CT molecular complexity index is 1040. The first-order chi connectivity index (χ1) is 14.1. The second-order valence-electron chi connectivity index (χ2n) is 6.86. The van der Waals surface area contributed by atoms with Gasteiger partial charge in [0.1, 0.15) is 12.4 Å². The zero-order chi connectivity index (χ0) is 21.9. The molecule has 30 heavy (non-hydrogen) atoms. The first kappa shape index (κ1) is 21.4. The van der Waals surface area contributed by atoms with Gasteiger partial charge in [-0.2, -0.15) is 18.3 Å². The largest absolute Gasteiger partial charge is 0.489 e. The second kappa shape index (κ2) is 8.56. The molecule has 0 spiro atoms. The van der Waals surface area contributed by atoms with E-state index < -0.39 is 17.7 Å². The molecular formula is C21H20F3N3O3. The van der Waals surface area contributed by atoms with E-state index >= 15 is 0 Å². The molecule has 158 valence electrons. The average Bonchev–Trinajstić information content (AvgIpc) is 3.05. The molecular weight excluding hydrogens is 399 g/mol. The van der Waals surface area contributed by atoms with E-state index in [2.05, 4.69) is 10.1 Å². The van der Waals surface area contributed by atoms with Crippen molar-refractivity contribution in [3.8, 4) is 11.6 Å². The van der Waals surface area contributed by atoms with Gasteiger partial charge in [0.2, 0.25) is 0 Å². The molecule has 0 unspecified atom stereocenters. The normalized spacial score (nSPS) is 11.5. The van der Waals surface area contributed by atoms with Crippen molar-refractivity contribution in [1.29, 1.82) is 0 Å². The third-order valence-electron chi connectivity index (χ3n) is 4.63. The Labute approximate surface area is 170 Å². The number of aromatic nitrogens is 3. The molecule has 1 aromatic carbocycles. The maximum absolute atomic E-state index is 12.7. The van der Waals surface area contributed by atoms with E-state index in [4.69, 9.17) is 9.84 Å². The molecule has 0 saturated heterocycles. The molecule has 0 bridgehead atoms. The van der Waals surface area contributed by atoms with E-state index in [-0.39, 0.29) is 18.8 Å². The molecule has 0 aliphatic carbocycles. The molecule has 9 heteroatoms. The summed E-state index contributed by atoms with van der Waals surface area (Å²) in [5, 5.41) is 13.1. The minimum absolute atomic E-state index is 0.0669. The Morgan fingerprint density at radius 3 is 2.53 bits per heavy atom. The lowest BCUT2D eigenvalue weighted by Crippen LogP contribution is -2.07. The van der Waals surface area contributed by atoms with Gasteiger partial charge in [0.15, 0.2) is 5.82 Å². The summed E-state index contributed by atoms with van der Waals surface area (Å²) in [5.74, 6) is 0.0621. The Balaban J connectivity index is 1.68. The van der Waals surface area contributed by atoms with Crippen LogP contribution in [0.2, 0.25) is 0 Å². The second-order valence-corrected chi connectivity index (χ2v) is 6.86. The number of hydrogen-bond donors (Lipinski definition) is 1. The lowest BCUT2D eigenvalue weighted by molar-refractivity contribution is -0.138. The number of rotatable bonds is 7. The summed E-state index contributed by atoms with van der Waals surface area (Å²) >= 11 is 0. The van der Waals surface area contributed by atoms with Gasteiger partial charge in [-0.25, -0.2) is 9.67 Å². The Kier molecular flexibility index (Phi) is 6.09. The number of carbonyl (C=O) groups is 1. The van der Waals surface area contributed by atoms with Crippen LogP contribution in [0, 0.1) is 13.8 Å². The fourth-order valence-electron chi connectivity index (χ4n) is 2.89. The molecule has 0 amide bonds. The molecule has 2 aromatic heterocycles. The number of aryl methyl sites for hydroxylation is 3. The summed E-state index contributed by atoms with van der Waals surface area (Å²) in [4.78, 5) is 14.6. The summed E-state index contributed by atoms with van der Waals surface area (Å²) in [6, 6.07) is 7.69. The van der Waals surface area contributed by atoms with Gasteiger partial charge >= 0.3 is 12.1 Å². The predicted molar refractivity (Wildman–Crippen MR) is 103 cm³/mol. The third kappa shape index (κ3) is 5.16. The monoisotopic (exact) mass is 419 g/mol. The molecule has 3 aromatic rings. The van der Waals surface area contributed by atoms with Crippen molar-refractivity contribution in [2.75, 3.05) is 0 Å². The zero-order valence-corrected chi connectivity index (χ0v) is 16.4. The van der Waals surface area contributed by atoms with Crippen molar-refractivity contribution >= 4 is 5.97 Å². The minimum atomic E-state index is -4.44. The van der Waals surface area contributed by atoms with Crippen LogP contribution in [0.1, 0.15) is 34.4 Å². The van der Waals surface area contributed by atoms with E-state index in [9.17, 15) is 18.0 Å². The quantitative estimate of drug-likeness (QED) is 0.610. The molecule has 0 aliphatic rings. The number of carboxylic acid groups (broad SMARTS) is 1. The van der Waals surface area contributed by atoms with Gasteiger partial charge in [0.05, 0.1) is 11.3 Å². The number of aliphatic carboxylic acids is 1. The summed E-state index contributed by atoms with van der Waals surface area (Å²) in [6.07, 6.45) is -1.48. The van der Waals surface area contributed by atoms with Gasteiger partial charge in [-0.05, 0) is 55.7 Å². The first-order valence-corrected chi connectivity index (χ1v) is 9.16. The van der Waals surface area contributed by atoms with Gasteiger partial charge < -0.3 is 9.84 Å². The van der Waals surface area contributed by atoms with E-state index in [1.54, 1.807) is 19.2 Å². The highest BCUT2D eigenvalue weighted by molar-refractivity contribution is 5.67. The molecule has 1 N–H and O–H groups in total. The zero-order valence-electron chi connectivity index (χ0n) is 16.4. The van der Waals surface area contributed by atoms with Crippen LogP contribution in [0.5, 0.6) is 5.75 Å². The summed E-state index contributed by atoms with van der Waals surface area (Å²) < 4.78 is 45.3. The standard InChI is InChI=1S/C21H20F3N3O3/c1-13-9-18(6-3-15(13)4-8-20(28)29)30-12-16-11-27(26-14(16)2)19-7-5-17(10-25-19)21(22,23)24/h3,5-7,9-11H,4,8,12H2,1-2H3,(H,28,29). The lowest BCUT2D eigenvalue weighted by atomic mass is 10.0. The smallest absolute Gasteiger partial charge is 0.417 e. The van der Waals surface area contributed by atoms with Crippen molar-refractivity contribution in [3.63, 3.8) is 0 Å². The Hall–Kier alpha value is -3.36. The number of pyridine rings is 1. The van der Waals surface area contributed by atoms with Gasteiger partial charge in [-0.3, -0.25) is 4.79 Å². The molecule has 0 saturated carbocycles. The number of benzene rings is 1. The van der Waals surface area contributed by atoms with Crippen molar-refractivity contribution in [3.05, 3.63) is 70.7 Å². The third-order valence-corrected chi connectivity index (χ3v) is 4.63. The molecule has 3 rings (SSSR count). The van der Waals surface area contributed by atoms with Gasteiger partial charge in [-0.1, -0.05) is 6.07 Å². The van der Waals surface area contributed by atoms with Crippen LogP contribution in [0.3, 0.4) is 0 Å². The SMILES string of the molecule is Cc1cc(OCc2cn(-c3ccc(C(F)(F)F)cn3)nc2C)ccc1CCC(=O)O. The number of carboxylic acids is 1. The minimum Gasteiger partial charge on any atom is -0.489 e. The Morgan fingerprint density at radius 2 is 1.93 bits per heavy atom. The molecule has 0 aliphatic heterocycles. The molecule has 6 nitrogen and oxygen atoms in total. The van der Waals surface area contributed by atoms with Crippen LogP contribution in [0.25, 0.3) is 5.82 Å². The van der Waals surface area contributed by atoms with E-state index in [1.807, 2.05) is 19.1 Å². The van der Waals surface area contributed by atoms with Gasteiger partial charge in [0, 0.05) is 24.4 Å².